The lowest BCUT2D eigenvalue weighted by Crippen LogP contribution is -2.36. The Morgan fingerprint density at radius 3 is 1.76 bits per heavy atom. The summed E-state index contributed by atoms with van der Waals surface area (Å²) >= 11 is 12.4. The summed E-state index contributed by atoms with van der Waals surface area (Å²) in [7, 11) is 0. The normalized spacial score (nSPS) is 13.2. The van der Waals surface area contributed by atoms with Gasteiger partial charge in [0.25, 0.3) is 11.8 Å². The molecule has 0 radical (unpaired) electrons. The SMILES string of the molecule is O=C(Nc1ccccc1Cl)C(=Cc1ccc(N2CCOCC2)cc1)C(=O)Nc1ccccc1Cl. The van der Waals surface area contributed by atoms with Gasteiger partial charge in [-0.2, -0.15) is 0 Å². The monoisotopic (exact) mass is 495 g/mol. The molecule has 2 N–H and O–H groups in total. The number of hydrogen-bond acceptors (Lipinski definition) is 4. The Balaban J connectivity index is 1.61. The summed E-state index contributed by atoms with van der Waals surface area (Å²) in [5, 5.41) is 6.18. The second-order valence-corrected chi connectivity index (χ2v) is 8.43. The van der Waals surface area contributed by atoms with Gasteiger partial charge in [-0.05, 0) is 48.0 Å². The average molecular weight is 496 g/mol. The molecule has 0 aromatic heterocycles. The minimum atomic E-state index is -0.588. The van der Waals surface area contributed by atoms with Crippen LogP contribution in [0.5, 0.6) is 0 Å². The summed E-state index contributed by atoms with van der Waals surface area (Å²) in [5.74, 6) is -1.18. The summed E-state index contributed by atoms with van der Waals surface area (Å²) in [6.07, 6.45) is 1.54. The van der Waals surface area contributed by atoms with Gasteiger partial charge >= 0.3 is 0 Å². The molecule has 2 amide bonds. The largest absolute Gasteiger partial charge is 0.378 e. The number of carbonyl (C=O) groups is 2. The Bertz CT molecular complexity index is 1140. The van der Waals surface area contributed by atoms with Gasteiger partial charge in [-0.15, -0.1) is 0 Å². The second-order valence-electron chi connectivity index (χ2n) is 7.62. The minimum Gasteiger partial charge on any atom is -0.378 e. The van der Waals surface area contributed by atoms with E-state index < -0.39 is 11.8 Å². The van der Waals surface area contributed by atoms with Crippen LogP contribution in [0.2, 0.25) is 10.0 Å². The number of halogens is 2. The molecule has 1 aliphatic heterocycles. The van der Waals surface area contributed by atoms with E-state index in [-0.39, 0.29) is 5.57 Å². The third-order valence-corrected chi connectivity index (χ3v) is 5.97. The highest BCUT2D eigenvalue weighted by molar-refractivity contribution is 6.36. The fourth-order valence-electron chi connectivity index (χ4n) is 3.51. The number of morpholine rings is 1. The third-order valence-electron chi connectivity index (χ3n) is 5.31. The quantitative estimate of drug-likeness (QED) is 0.269. The molecule has 0 unspecified atom stereocenters. The number of para-hydroxylation sites is 2. The van der Waals surface area contributed by atoms with Crippen molar-refractivity contribution in [2.45, 2.75) is 0 Å². The average Bonchev–Trinajstić information content (AvgIpc) is 2.86. The van der Waals surface area contributed by atoms with Crippen LogP contribution in [0.4, 0.5) is 17.1 Å². The second kappa shape index (κ2) is 11.2. The Kier molecular flexibility index (Phi) is 7.85. The standard InChI is InChI=1S/C26H23Cl2N3O3/c27-21-5-1-3-7-23(21)29-25(32)20(26(33)30-24-8-4-2-6-22(24)28)17-18-9-11-19(12-10-18)31-13-15-34-16-14-31/h1-12,17H,13-16H2,(H,29,32)(H,30,33). The molecule has 6 nitrogen and oxygen atoms in total. The van der Waals surface area contributed by atoms with Gasteiger partial charge in [0.05, 0.1) is 34.6 Å². The van der Waals surface area contributed by atoms with Crippen molar-refractivity contribution in [2.75, 3.05) is 41.8 Å². The Morgan fingerprint density at radius 2 is 1.26 bits per heavy atom. The fourth-order valence-corrected chi connectivity index (χ4v) is 3.87. The number of nitrogens with zero attached hydrogens (tertiary/aromatic N) is 1. The van der Waals surface area contributed by atoms with Crippen molar-refractivity contribution in [3.63, 3.8) is 0 Å². The van der Waals surface area contributed by atoms with Crippen LogP contribution in [-0.4, -0.2) is 38.1 Å². The number of benzene rings is 3. The zero-order chi connectivity index (χ0) is 23.9. The van der Waals surface area contributed by atoms with Gasteiger partial charge in [0.1, 0.15) is 5.57 Å². The zero-order valence-electron chi connectivity index (χ0n) is 18.3. The maximum Gasteiger partial charge on any atom is 0.261 e. The molecule has 0 bridgehead atoms. The molecule has 0 saturated carbocycles. The predicted octanol–water partition coefficient (Wildman–Crippen LogP) is 5.49. The van der Waals surface area contributed by atoms with Crippen molar-refractivity contribution in [1.29, 1.82) is 0 Å². The highest BCUT2D eigenvalue weighted by Crippen LogP contribution is 2.24. The van der Waals surface area contributed by atoms with E-state index in [1.54, 1.807) is 54.6 Å². The predicted molar refractivity (Wildman–Crippen MR) is 138 cm³/mol. The number of amides is 2. The van der Waals surface area contributed by atoms with Crippen LogP contribution in [0.1, 0.15) is 5.56 Å². The van der Waals surface area contributed by atoms with Crippen LogP contribution >= 0.6 is 23.2 Å². The van der Waals surface area contributed by atoms with E-state index in [2.05, 4.69) is 15.5 Å². The van der Waals surface area contributed by atoms with Crippen molar-refractivity contribution in [3.8, 4) is 0 Å². The van der Waals surface area contributed by atoms with Gasteiger partial charge in [0.2, 0.25) is 0 Å². The van der Waals surface area contributed by atoms with Crippen molar-refractivity contribution >= 4 is 58.2 Å². The molecule has 1 saturated heterocycles. The van der Waals surface area contributed by atoms with Crippen LogP contribution in [0.15, 0.2) is 78.4 Å². The molecule has 8 heteroatoms. The molecule has 0 atom stereocenters. The molecule has 1 aliphatic rings. The first-order valence-electron chi connectivity index (χ1n) is 10.8. The molecule has 3 aromatic rings. The van der Waals surface area contributed by atoms with E-state index in [0.29, 0.717) is 40.2 Å². The summed E-state index contributed by atoms with van der Waals surface area (Å²) in [5.41, 5.74) is 2.50. The number of hydrogen-bond donors (Lipinski definition) is 2. The highest BCUT2D eigenvalue weighted by atomic mass is 35.5. The first kappa shape index (κ1) is 23.8. The van der Waals surface area contributed by atoms with Crippen LogP contribution in [-0.2, 0) is 14.3 Å². The van der Waals surface area contributed by atoms with E-state index in [4.69, 9.17) is 27.9 Å². The van der Waals surface area contributed by atoms with Crippen LogP contribution in [0, 0.1) is 0 Å². The van der Waals surface area contributed by atoms with Gasteiger partial charge < -0.3 is 20.3 Å². The Morgan fingerprint density at radius 1 is 0.765 bits per heavy atom. The third kappa shape index (κ3) is 5.97. The van der Waals surface area contributed by atoms with Crippen LogP contribution in [0.3, 0.4) is 0 Å². The smallest absolute Gasteiger partial charge is 0.261 e. The first-order chi connectivity index (χ1) is 16.5. The van der Waals surface area contributed by atoms with Gasteiger partial charge in [-0.1, -0.05) is 59.6 Å². The molecule has 0 aliphatic carbocycles. The van der Waals surface area contributed by atoms with Crippen molar-refractivity contribution < 1.29 is 14.3 Å². The minimum absolute atomic E-state index is 0.0843. The zero-order valence-corrected chi connectivity index (χ0v) is 19.8. The number of rotatable bonds is 6. The molecule has 3 aromatic carbocycles. The number of ether oxygens (including phenoxy) is 1. The summed E-state index contributed by atoms with van der Waals surface area (Å²) in [4.78, 5) is 28.5. The number of nitrogens with one attached hydrogen (secondary N) is 2. The summed E-state index contributed by atoms with van der Waals surface area (Å²) < 4.78 is 5.41. The maximum absolute atomic E-state index is 13.1. The summed E-state index contributed by atoms with van der Waals surface area (Å²) in [6.45, 7) is 3.02. The van der Waals surface area contributed by atoms with Crippen molar-refractivity contribution in [1.82, 2.24) is 0 Å². The lowest BCUT2D eigenvalue weighted by atomic mass is 10.1. The van der Waals surface area contributed by atoms with Crippen LogP contribution < -0.4 is 15.5 Å². The lowest BCUT2D eigenvalue weighted by Gasteiger charge is -2.28. The topological polar surface area (TPSA) is 70.7 Å². The van der Waals surface area contributed by atoms with E-state index in [9.17, 15) is 9.59 Å². The van der Waals surface area contributed by atoms with E-state index in [1.165, 1.54) is 0 Å². The summed E-state index contributed by atoms with van der Waals surface area (Å²) in [6, 6.07) is 21.3. The van der Waals surface area contributed by atoms with Gasteiger partial charge in [-0.3, -0.25) is 9.59 Å². The van der Waals surface area contributed by atoms with E-state index >= 15 is 0 Å². The number of carbonyl (C=O) groups excluding carboxylic acids is 2. The first-order valence-corrected chi connectivity index (χ1v) is 11.5. The van der Waals surface area contributed by atoms with E-state index in [0.717, 1.165) is 18.8 Å². The molecule has 0 spiro atoms. The fraction of sp³-hybridized carbons (Fsp3) is 0.154. The molecule has 174 valence electrons. The van der Waals surface area contributed by atoms with Crippen molar-refractivity contribution in [2.24, 2.45) is 0 Å². The molecule has 34 heavy (non-hydrogen) atoms. The number of anilines is 3. The van der Waals surface area contributed by atoms with E-state index in [1.807, 2.05) is 24.3 Å². The van der Waals surface area contributed by atoms with Gasteiger partial charge in [-0.25, -0.2) is 0 Å². The van der Waals surface area contributed by atoms with Gasteiger partial charge in [0.15, 0.2) is 0 Å². The molecular weight excluding hydrogens is 473 g/mol. The maximum atomic E-state index is 13.1. The van der Waals surface area contributed by atoms with Crippen molar-refractivity contribution in [3.05, 3.63) is 94.0 Å². The molecule has 4 rings (SSSR count). The Labute approximate surface area is 208 Å². The van der Waals surface area contributed by atoms with Gasteiger partial charge in [0, 0.05) is 18.8 Å². The Hall–Kier alpha value is -3.32. The molecular formula is C26H23Cl2N3O3. The molecule has 1 fully saturated rings. The van der Waals surface area contributed by atoms with Crippen LogP contribution in [0.25, 0.3) is 6.08 Å². The molecule has 1 heterocycles. The highest BCUT2D eigenvalue weighted by Gasteiger charge is 2.21. The lowest BCUT2D eigenvalue weighted by molar-refractivity contribution is -0.118.